The van der Waals surface area contributed by atoms with Crippen LogP contribution in [0, 0.1) is 0 Å². The monoisotopic (exact) mass is 427 g/mol. The van der Waals surface area contributed by atoms with Crippen molar-refractivity contribution in [2.75, 3.05) is 19.1 Å². The lowest BCUT2D eigenvalue weighted by Gasteiger charge is -2.32. The van der Waals surface area contributed by atoms with Gasteiger partial charge < -0.3 is 14.6 Å². The number of rotatable bonds is 12. The number of anilines is 1. The largest absolute Gasteiger partial charge is 0.508 e. The Balaban J connectivity index is 2.52. The first-order chi connectivity index (χ1) is 15.0. The van der Waals surface area contributed by atoms with Crippen molar-refractivity contribution < 1.29 is 24.2 Å². The maximum absolute atomic E-state index is 13.4. The second-order valence-corrected chi connectivity index (χ2v) is 7.43. The summed E-state index contributed by atoms with van der Waals surface area (Å²) >= 11 is 0. The highest BCUT2D eigenvalue weighted by Crippen LogP contribution is 2.36. The van der Waals surface area contributed by atoms with Gasteiger partial charge in [0.25, 0.3) is 0 Å². The Kier molecular flexibility index (Phi) is 9.38. The van der Waals surface area contributed by atoms with Gasteiger partial charge in [-0.05, 0) is 36.2 Å². The van der Waals surface area contributed by atoms with Gasteiger partial charge in [0.1, 0.15) is 11.8 Å². The lowest BCUT2D eigenvalue weighted by atomic mass is 9.95. The van der Waals surface area contributed by atoms with Gasteiger partial charge in [-0.2, -0.15) is 0 Å². The number of hydrogen-bond donors (Lipinski definition) is 1. The smallest absolute Gasteiger partial charge is 0.227 e. The summed E-state index contributed by atoms with van der Waals surface area (Å²) in [7, 11) is 3.08. The van der Waals surface area contributed by atoms with E-state index < -0.39 is 6.04 Å². The molecule has 0 saturated heterocycles. The molecule has 0 radical (unpaired) electrons. The Bertz CT molecular complexity index is 863. The van der Waals surface area contributed by atoms with Crippen LogP contribution in [0.25, 0.3) is 0 Å². The fourth-order valence-electron chi connectivity index (χ4n) is 3.58. The van der Waals surface area contributed by atoms with Crippen molar-refractivity contribution in [1.29, 1.82) is 0 Å². The minimum atomic E-state index is -0.784. The molecule has 31 heavy (non-hydrogen) atoms. The summed E-state index contributed by atoms with van der Waals surface area (Å²) in [5.41, 5.74) is 1.22. The lowest BCUT2D eigenvalue weighted by molar-refractivity contribution is -0.125. The molecular weight excluding hydrogens is 394 g/mol. The van der Waals surface area contributed by atoms with Gasteiger partial charge >= 0.3 is 0 Å². The molecule has 0 bridgehead atoms. The van der Waals surface area contributed by atoms with Crippen LogP contribution in [0.3, 0.4) is 0 Å². The zero-order valence-corrected chi connectivity index (χ0v) is 18.9. The minimum absolute atomic E-state index is 0.0293. The van der Waals surface area contributed by atoms with Crippen molar-refractivity contribution in [2.24, 2.45) is 0 Å². The summed E-state index contributed by atoms with van der Waals surface area (Å²) in [6.45, 7) is 3.90. The van der Waals surface area contributed by atoms with Crippen LogP contribution >= 0.6 is 0 Å². The lowest BCUT2D eigenvalue weighted by Crippen LogP contribution is -2.39. The summed E-state index contributed by atoms with van der Waals surface area (Å²) in [4.78, 5) is 28.0. The van der Waals surface area contributed by atoms with Crippen molar-refractivity contribution in [1.82, 2.24) is 0 Å². The highest BCUT2D eigenvalue weighted by Gasteiger charge is 2.32. The van der Waals surface area contributed by atoms with Crippen LogP contribution in [0.2, 0.25) is 0 Å². The van der Waals surface area contributed by atoms with Crippen molar-refractivity contribution in [3.8, 4) is 17.2 Å². The van der Waals surface area contributed by atoms with E-state index in [4.69, 9.17) is 9.47 Å². The number of phenolic OH excluding ortho intramolecular Hbond substituents is 1. The number of nitrogens with zero attached hydrogens (tertiary/aromatic N) is 1. The summed E-state index contributed by atoms with van der Waals surface area (Å²) in [5, 5.41) is 9.72. The molecule has 1 atom stereocenters. The van der Waals surface area contributed by atoms with Crippen molar-refractivity contribution in [2.45, 2.75) is 58.4 Å². The van der Waals surface area contributed by atoms with Crippen LogP contribution in [0.1, 0.15) is 64.0 Å². The molecule has 1 unspecified atom stereocenters. The first-order valence-electron chi connectivity index (χ1n) is 10.8. The molecule has 2 aromatic carbocycles. The van der Waals surface area contributed by atoms with E-state index >= 15 is 0 Å². The molecule has 0 fully saturated rings. The number of Topliss-reactive ketones (excluding diaryl/α,β-unsaturated/α-hetero) is 1. The van der Waals surface area contributed by atoms with E-state index in [0.717, 1.165) is 25.7 Å². The molecule has 6 nitrogen and oxygen atoms in total. The molecule has 2 rings (SSSR count). The van der Waals surface area contributed by atoms with Crippen molar-refractivity contribution in [3.63, 3.8) is 0 Å². The topological polar surface area (TPSA) is 76.1 Å². The molecule has 0 aliphatic rings. The highest BCUT2D eigenvalue weighted by molar-refractivity contribution is 6.02. The van der Waals surface area contributed by atoms with Gasteiger partial charge in [0.15, 0.2) is 17.3 Å². The Hall–Kier alpha value is -3.02. The van der Waals surface area contributed by atoms with E-state index in [-0.39, 0.29) is 23.9 Å². The zero-order valence-electron chi connectivity index (χ0n) is 18.9. The first-order valence-corrected chi connectivity index (χ1v) is 10.8. The normalized spacial score (nSPS) is 11.6. The van der Waals surface area contributed by atoms with E-state index in [1.807, 2.05) is 0 Å². The average Bonchev–Trinajstić information content (AvgIpc) is 2.80. The number of phenols is 1. The number of unbranched alkanes of at least 4 members (excludes halogenated alkanes) is 3. The maximum Gasteiger partial charge on any atom is 0.227 e. The van der Waals surface area contributed by atoms with Gasteiger partial charge in [0, 0.05) is 24.6 Å². The van der Waals surface area contributed by atoms with Crippen LogP contribution in [-0.2, 0) is 9.59 Å². The third kappa shape index (κ3) is 6.23. The second-order valence-electron chi connectivity index (χ2n) is 7.43. The number of ketones is 1. The third-order valence-electron chi connectivity index (χ3n) is 5.27. The summed E-state index contributed by atoms with van der Waals surface area (Å²) in [5.74, 6) is 0.930. The van der Waals surface area contributed by atoms with E-state index in [1.165, 1.54) is 24.1 Å². The SMILES string of the molecule is CCCCCCC(=O)C(c1ccc(O)cc1)N(C(=O)CC)c1ccc(OC)c(OC)c1. The van der Waals surface area contributed by atoms with E-state index in [0.29, 0.717) is 29.2 Å². The number of carbonyl (C=O) groups is 2. The fraction of sp³-hybridized carbons (Fsp3) is 0.440. The summed E-state index contributed by atoms with van der Waals surface area (Å²) in [6, 6.07) is 10.9. The summed E-state index contributed by atoms with van der Waals surface area (Å²) < 4.78 is 10.7. The number of ether oxygens (including phenoxy) is 2. The van der Waals surface area contributed by atoms with Gasteiger partial charge in [0.2, 0.25) is 5.91 Å². The molecule has 0 aliphatic heterocycles. The molecule has 0 spiro atoms. The minimum Gasteiger partial charge on any atom is -0.508 e. The number of hydrogen-bond acceptors (Lipinski definition) is 5. The van der Waals surface area contributed by atoms with Gasteiger partial charge in [-0.3, -0.25) is 14.5 Å². The Morgan fingerprint density at radius 3 is 2.19 bits per heavy atom. The predicted molar refractivity (Wildman–Crippen MR) is 122 cm³/mol. The number of methoxy groups -OCH3 is 2. The number of carbonyl (C=O) groups excluding carboxylic acids is 2. The van der Waals surface area contributed by atoms with Crippen LogP contribution < -0.4 is 14.4 Å². The molecule has 2 aromatic rings. The third-order valence-corrected chi connectivity index (χ3v) is 5.27. The molecular formula is C25H33NO5. The van der Waals surface area contributed by atoms with Crippen molar-refractivity contribution >= 4 is 17.4 Å². The molecule has 1 amide bonds. The maximum atomic E-state index is 13.4. The van der Waals surface area contributed by atoms with Crippen LogP contribution in [-0.4, -0.2) is 31.0 Å². The molecule has 6 heteroatoms. The Morgan fingerprint density at radius 2 is 1.61 bits per heavy atom. The van der Waals surface area contributed by atoms with Crippen LogP contribution in [0.5, 0.6) is 17.2 Å². The number of benzene rings is 2. The Morgan fingerprint density at radius 1 is 0.935 bits per heavy atom. The number of aromatic hydroxyl groups is 1. The van der Waals surface area contributed by atoms with Crippen LogP contribution in [0.15, 0.2) is 42.5 Å². The quantitative estimate of drug-likeness (QED) is 0.457. The van der Waals surface area contributed by atoms with Crippen molar-refractivity contribution in [3.05, 3.63) is 48.0 Å². The fourth-order valence-corrected chi connectivity index (χ4v) is 3.58. The van der Waals surface area contributed by atoms with E-state index in [1.54, 1.807) is 44.4 Å². The second kappa shape index (κ2) is 12.0. The standard InChI is InChI=1S/C25H33NO5/c1-5-7-8-9-10-21(28)25(18-11-14-20(27)15-12-18)26(24(29)6-2)19-13-16-22(30-3)23(17-19)31-4/h11-17,25,27H,5-10H2,1-4H3. The first kappa shape index (κ1) is 24.3. The molecule has 0 heterocycles. The van der Waals surface area contributed by atoms with E-state index in [2.05, 4.69) is 6.92 Å². The number of amides is 1. The predicted octanol–water partition coefficient (Wildman–Crippen LogP) is 5.43. The molecule has 0 aromatic heterocycles. The molecule has 168 valence electrons. The summed E-state index contributed by atoms with van der Waals surface area (Å²) in [6.07, 6.45) is 4.54. The van der Waals surface area contributed by atoms with Crippen LogP contribution in [0.4, 0.5) is 5.69 Å². The highest BCUT2D eigenvalue weighted by atomic mass is 16.5. The van der Waals surface area contributed by atoms with Gasteiger partial charge in [-0.25, -0.2) is 0 Å². The van der Waals surface area contributed by atoms with Gasteiger partial charge in [0.05, 0.1) is 14.2 Å². The molecule has 0 aliphatic carbocycles. The zero-order chi connectivity index (χ0) is 22.8. The molecule has 0 saturated carbocycles. The van der Waals surface area contributed by atoms with Gasteiger partial charge in [-0.1, -0.05) is 45.2 Å². The average molecular weight is 428 g/mol. The Labute approximate surface area is 184 Å². The molecule has 1 N–H and O–H groups in total. The van der Waals surface area contributed by atoms with Gasteiger partial charge in [-0.15, -0.1) is 0 Å². The van der Waals surface area contributed by atoms with E-state index in [9.17, 15) is 14.7 Å².